The van der Waals surface area contributed by atoms with Crippen molar-refractivity contribution in [2.75, 3.05) is 31.3 Å². The number of carboxylic acid groups (broad SMARTS) is 1. The first-order valence-electron chi connectivity index (χ1n) is 6.33. The quantitative estimate of drug-likeness (QED) is 0.836. The number of nitrogens with one attached hydrogen (secondary N) is 1. The van der Waals surface area contributed by atoms with Gasteiger partial charge in [0.05, 0.1) is 12.5 Å². The van der Waals surface area contributed by atoms with E-state index in [0.29, 0.717) is 6.54 Å². The second-order valence-electron chi connectivity index (χ2n) is 4.69. The number of anilines is 1. The predicted molar refractivity (Wildman–Crippen MR) is 68.8 cm³/mol. The maximum Gasteiger partial charge on any atom is 0.305 e. The molecule has 1 unspecified atom stereocenters. The third-order valence-corrected chi connectivity index (χ3v) is 3.45. The Labute approximate surface area is 110 Å². The van der Waals surface area contributed by atoms with Crippen LogP contribution in [0, 0.1) is 0 Å². The van der Waals surface area contributed by atoms with Gasteiger partial charge < -0.3 is 24.8 Å². The van der Waals surface area contributed by atoms with Gasteiger partial charge in [0.1, 0.15) is 0 Å². The highest BCUT2D eigenvalue weighted by Gasteiger charge is 2.26. The van der Waals surface area contributed by atoms with Gasteiger partial charge in [0.25, 0.3) is 0 Å². The minimum absolute atomic E-state index is 0.0355. The SMILES string of the molecule is O=C(O)CC1CNCCN1c1ccc2c(c1)OCO2. The van der Waals surface area contributed by atoms with Crippen molar-refractivity contribution in [3.05, 3.63) is 18.2 Å². The fourth-order valence-corrected chi connectivity index (χ4v) is 2.55. The number of carbonyl (C=O) groups is 1. The molecule has 0 radical (unpaired) electrons. The third-order valence-electron chi connectivity index (χ3n) is 3.45. The van der Waals surface area contributed by atoms with E-state index in [0.717, 1.165) is 30.3 Å². The van der Waals surface area contributed by atoms with E-state index in [2.05, 4.69) is 10.2 Å². The lowest BCUT2D eigenvalue weighted by molar-refractivity contribution is -0.137. The van der Waals surface area contributed by atoms with Crippen LogP contribution in [0.2, 0.25) is 0 Å². The van der Waals surface area contributed by atoms with Crippen molar-refractivity contribution in [2.45, 2.75) is 12.5 Å². The fourth-order valence-electron chi connectivity index (χ4n) is 2.55. The van der Waals surface area contributed by atoms with Gasteiger partial charge in [-0.2, -0.15) is 0 Å². The Balaban J connectivity index is 1.83. The van der Waals surface area contributed by atoms with Crippen molar-refractivity contribution in [2.24, 2.45) is 0 Å². The molecule has 1 atom stereocenters. The van der Waals surface area contributed by atoms with Gasteiger partial charge >= 0.3 is 5.97 Å². The standard InChI is InChI=1S/C13H16N2O4/c16-13(17)6-10-7-14-3-4-15(10)9-1-2-11-12(5-9)19-8-18-11/h1-2,5,10,14H,3-4,6-8H2,(H,16,17). The van der Waals surface area contributed by atoms with Crippen LogP contribution in [-0.2, 0) is 4.79 Å². The molecule has 0 aromatic heterocycles. The Hall–Kier alpha value is -1.95. The molecule has 102 valence electrons. The molecule has 2 aliphatic heterocycles. The van der Waals surface area contributed by atoms with Crippen molar-refractivity contribution >= 4 is 11.7 Å². The van der Waals surface area contributed by atoms with Gasteiger partial charge in [-0.1, -0.05) is 0 Å². The summed E-state index contributed by atoms with van der Waals surface area (Å²) in [5.74, 6) is 0.693. The topological polar surface area (TPSA) is 71.0 Å². The molecule has 0 aliphatic carbocycles. The van der Waals surface area contributed by atoms with Gasteiger partial charge in [0.2, 0.25) is 6.79 Å². The summed E-state index contributed by atoms with van der Waals surface area (Å²) >= 11 is 0. The zero-order valence-corrected chi connectivity index (χ0v) is 10.5. The largest absolute Gasteiger partial charge is 0.481 e. The maximum absolute atomic E-state index is 10.9. The minimum atomic E-state index is -0.778. The van der Waals surface area contributed by atoms with Gasteiger partial charge in [0, 0.05) is 31.4 Å². The van der Waals surface area contributed by atoms with Crippen LogP contribution in [-0.4, -0.2) is 43.5 Å². The van der Waals surface area contributed by atoms with Gasteiger partial charge in [-0.3, -0.25) is 4.79 Å². The van der Waals surface area contributed by atoms with E-state index in [-0.39, 0.29) is 19.3 Å². The van der Waals surface area contributed by atoms with Gasteiger partial charge in [-0.25, -0.2) is 0 Å². The number of hydrogen-bond acceptors (Lipinski definition) is 5. The molecule has 2 N–H and O–H groups in total. The Morgan fingerprint density at radius 1 is 1.42 bits per heavy atom. The smallest absolute Gasteiger partial charge is 0.305 e. The fraction of sp³-hybridized carbons (Fsp3) is 0.462. The van der Waals surface area contributed by atoms with Crippen LogP contribution in [0.1, 0.15) is 6.42 Å². The molecule has 0 amide bonds. The molecule has 0 saturated carbocycles. The number of carboxylic acids is 1. The predicted octanol–water partition coefficient (Wildman–Crippen LogP) is 0.668. The first-order chi connectivity index (χ1) is 9.24. The van der Waals surface area contributed by atoms with Crippen LogP contribution in [0.25, 0.3) is 0 Å². The third kappa shape index (κ3) is 2.44. The summed E-state index contributed by atoms with van der Waals surface area (Å²) in [6, 6.07) is 5.71. The molecule has 1 fully saturated rings. The van der Waals surface area contributed by atoms with Crippen LogP contribution < -0.4 is 19.7 Å². The van der Waals surface area contributed by atoms with Gasteiger partial charge in [-0.05, 0) is 12.1 Å². The van der Waals surface area contributed by atoms with E-state index in [1.165, 1.54) is 0 Å². The molecule has 0 bridgehead atoms. The highest BCUT2D eigenvalue weighted by atomic mass is 16.7. The average molecular weight is 264 g/mol. The second kappa shape index (κ2) is 4.97. The maximum atomic E-state index is 10.9. The lowest BCUT2D eigenvalue weighted by Gasteiger charge is -2.37. The molecule has 2 heterocycles. The van der Waals surface area contributed by atoms with Crippen LogP contribution >= 0.6 is 0 Å². The monoisotopic (exact) mass is 264 g/mol. The first-order valence-corrected chi connectivity index (χ1v) is 6.33. The van der Waals surface area contributed by atoms with Crippen LogP contribution in [0.15, 0.2) is 18.2 Å². The summed E-state index contributed by atoms with van der Waals surface area (Å²) in [4.78, 5) is 13.1. The van der Waals surface area contributed by atoms with E-state index in [1.807, 2.05) is 18.2 Å². The zero-order valence-electron chi connectivity index (χ0n) is 10.5. The van der Waals surface area contributed by atoms with Gasteiger partial charge in [-0.15, -0.1) is 0 Å². The molecular weight excluding hydrogens is 248 g/mol. The van der Waals surface area contributed by atoms with E-state index in [1.54, 1.807) is 0 Å². The van der Waals surface area contributed by atoms with Crippen LogP contribution in [0.4, 0.5) is 5.69 Å². The summed E-state index contributed by atoms with van der Waals surface area (Å²) in [6.45, 7) is 2.57. The summed E-state index contributed by atoms with van der Waals surface area (Å²) in [6.07, 6.45) is 0.126. The molecule has 3 rings (SSSR count). The van der Waals surface area contributed by atoms with Crippen molar-refractivity contribution in [3.8, 4) is 11.5 Å². The summed E-state index contributed by atoms with van der Waals surface area (Å²) in [5.41, 5.74) is 0.983. The minimum Gasteiger partial charge on any atom is -0.481 e. The van der Waals surface area contributed by atoms with Crippen molar-refractivity contribution in [1.82, 2.24) is 5.32 Å². The Bertz CT molecular complexity index is 492. The van der Waals surface area contributed by atoms with Crippen LogP contribution in [0.3, 0.4) is 0 Å². The summed E-state index contributed by atoms with van der Waals surface area (Å²) < 4.78 is 10.7. The molecule has 0 spiro atoms. The summed E-state index contributed by atoms with van der Waals surface area (Å²) in [5, 5.41) is 12.2. The van der Waals surface area contributed by atoms with E-state index >= 15 is 0 Å². The molecule has 2 aliphatic rings. The van der Waals surface area contributed by atoms with E-state index in [4.69, 9.17) is 14.6 Å². The van der Waals surface area contributed by atoms with Gasteiger partial charge in [0.15, 0.2) is 11.5 Å². The van der Waals surface area contributed by atoms with Crippen molar-refractivity contribution < 1.29 is 19.4 Å². The number of fused-ring (bicyclic) bond motifs is 1. The van der Waals surface area contributed by atoms with E-state index in [9.17, 15) is 4.79 Å². The Morgan fingerprint density at radius 2 is 2.26 bits per heavy atom. The second-order valence-corrected chi connectivity index (χ2v) is 4.69. The lowest BCUT2D eigenvalue weighted by Crippen LogP contribution is -2.52. The highest BCUT2D eigenvalue weighted by molar-refractivity contribution is 5.69. The van der Waals surface area contributed by atoms with Crippen molar-refractivity contribution in [3.63, 3.8) is 0 Å². The number of rotatable bonds is 3. The molecule has 19 heavy (non-hydrogen) atoms. The lowest BCUT2D eigenvalue weighted by atomic mass is 10.1. The molecule has 6 nitrogen and oxygen atoms in total. The van der Waals surface area contributed by atoms with Crippen molar-refractivity contribution in [1.29, 1.82) is 0 Å². The molecule has 1 aromatic rings. The molecule has 1 saturated heterocycles. The van der Waals surface area contributed by atoms with E-state index < -0.39 is 5.97 Å². The molecular formula is C13H16N2O4. The number of benzene rings is 1. The number of nitrogens with zero attached hydrogens (tertiary/aromatic N) is 1. The first kappa shape index (κ1) is 12.1. The van der Waals surface area contributed by atoms with Crippen LogP contribution in [0.5, 0.6) is 11.5 Å². The normalized spacial score (nSPS) is 21.5. The molecule has 1 aromatic carbocycles. The summed E-state index contributed by atoms with van der Waals surface area (Å²) in [7, 11) is 0. The zero-order chi connectivity index (χ0) is 13.2. The number of piperazine rings is 1. The number of hydrogen-bond donors (Lipinski definition) is 2. The Morgan fingerprint density at radius 3 is 3.11 bits per heavy atom. The highest BCUT2D eigenvalue weighted by Crippen LogP contribution is 2.36. The Kier molecular flexibility index (Phi) is 3.16. The molecule has 6 heteroatoms. The average Bonchev–Trinajstić information content (AvgIpc) is 2.86. The number of ether oxygens (including phenoxy) is 2. The number of aliphatic carboxylic acids is 1.